The van der Waals surface area contributed by atoms with Crippen LogP contribution in [0.1, 0.15) is 13.2 Å². The van der Waals surface area contributed by atoms with E-state index in [2.05, 4.69) is 0 Å². The molecule has 120 valence electrons. The summed E-state index contributed by atoms with van der Waals surface area (Å²) in [5.41, 5.74) is -5.36. The molecule has 0 bridgehead atoms. The van der Waals surface area contributed by atoms with E-state index < -0.39 is 47.3 Å². The maximum absolute atomic E-state index is 15.0. The van der Waals surface area contributed by atoms with Gasteiger partial charge >= 0.3 is 5.69 Å². The van der Waals surface area contributed by atoms with Gasteiger partial charge in [-0.3, -0.25) is 14.3 Å². The van der Waals surface area contributed by atoms with Crippen molar-refractivity contribution in [3.8, 4) is 11.3 Å². The second-order valence-corrected chi connectivity index (χ2v) is 4.96. The Bertz CT molecular complexity index is 752. The number of aliphatic hydroxyl groups is 2. The van der Waals surface area contributed by atoms with Crippen molar-refractivity contribution in [1.82, 2.24) is 9.55 Å². The van der Waals surface area contributed by atoms with Crippen LogP contribution in [0.3, 0.4) is 0 Å². The quantitative estimate of drug-likeness (QED) is 0.615. The molecule has 1 fully saturated rings. The molecular formula is C12H11ClF2N2O5. The highest BCUT2D eigenvalue weighted by Crippen LogP contribution is 2.41. The Morgan fingerprint density at radius 3 is 2.77 bits per heavy atom. The Hall–Kier alpha value is -1.73. The molecule has 1 unspecified atom stereocenters. The molecule has 0 aliphatic carbocycles. The molecule has 0 aromatic carbocycles. The Labute approximate surface area is 127 Å². The highest BCUT2D eigenvalue weighted by molar-refractivity contribution is 6.30. The Morgan fingerprint density at radius 1 is 1.59 bits per heavy atom. The van der Waals surface area contributed by atoms with Crippen LogP contribution in [0.2, 0.25) is 0 Å². The fraction of sp³-hybridized carbons (Fsp3) is 0.500. The fourth-order valence-corrected chi connectivity index (χ4v) is 2.34. The molecule has 1 aliphatic rings. The summed E-state index contributed by atoms with van der Waals surface area (Å²) in [6.07, 6.45) is -6.18. The zero-order valence-corrected chi connectivity index (χ0v) is 11.8. The lowest BCUT2D eigenvalue weighted by molar-refractivity contribution is -0.0805. The van der Waals surface area contributed by atoms with Crippen LogP contribution in [0, 0.1) is 17.1 Å². The molecule has 3 N–H and O–H groups in total. The number of hydrogen-bond donors (Lipinski definition) is 3. The van der Waals surface area contributed by atoms with Gasteiger partial charge in [-0.25, -0.2) is 9.18 Å². The minimum atomic E-state index is -2.89. The minimum absolute atomic E-state index is 0.392. The number of nitrogens with zero attached hydrogens (tertiary/aromatic N) is 1. The number of aliphatic hydroxyl groups excluding tert-OH is 2. The lowest BCUT2D eigenvalue weighted by atomic mass is 9.95. The van der Waals surface area contributed by atoms with Crippen molar-refractivity contribution in [1.29, 1.82) is 0 Å². The Balaban J connectivity index is 2.61. The molecular weight excluding hydrogens is 326 g/mol. The molecule has 0 saturated carbocycles. The lowest BCUT2D eigenvalue weighted by Crippen LogP contribution is -2.46. The van der Waals surface area contributed by atoms with Gasteiger partial charge in [-0.2, -0.15) is 4.39 Å². The Kier molecular flexibility index (Phi) is 4.39. The molecule has 2 heterocycles. The molecule has 0 radical (unpaired) electrons. The van der Waals surface area contributed by atoms with Crippen LogP contribution in [-0.2, 0) is 4.74 Å². The topological polar surface area (TPSA) is 105 Å². The van der Waals surface area contributed by atoms with Gasteiger partial charge in [0.2, 0.25) is 11.5 Å². The van der Waals surface area contributed by atoms with Crippen LogP contribution in [0.15, 0.2) is 15.8 Å². The normalized spacial score (nSPS) is 32.4. The molecule has 1 aromatic heterocycles. The zero-order valence-electron chi connectivity index (χ0n) is 11.1. The van der Waals surface area contributed by atoms with Crippen molar-refractivity contribution < 1.29 is 23.7 Å². The van der Waals surface area contributed by atoms with Crippen molar-refractivity contribution in [2.75, 3.05) is 0 Å². The van der Waals surface area contributed by atoms with Gasteiger partial charge in [-0.05, 0) is 24.4 Å². The van der Waals surface area contributed by atoms with Crippen molar-refractivity contribution in [3.05, 3.63) is 32.9 Å². The number of alkyl halides is 1. The maximum atomic E-state index is 15.0. The average Bonchev–Trinajstić information content (AvgIpc) is 2.68. The monoisotopic (exact) mass is 336 g/mol. The van der Waals surface area contributed by atoms with Gasteiger partial charge in [0.1, 0.15) is 12.2 Å². The van der Waals surface area contributed by atoms with Crippen LogP contribution >= 0.6 is 11.6 Å². The third kappa shape index (κ3) is 2.55. The number of rotatable bonds is 2. The van der Waals surface area contributed by atoms with Gasteiger partial charge in [-0.15, -0.1) is 0 Å². The predicted octanol–water partition coefficient (Wildman–Crippen LogP) is -0.777. The predicted molar refractivity (Wildman–Crippen MR) is 70.3 cm³/mol. The van der Waals surface area contributed by atoms with Gasteiger partial charge in [0, 0.05) is 5.38 Å². The third-order valence-corrected chi connectivity index (χ3v) is 3.37. The first-order valence-electron chi connectivity index (χ1n) is 6.06. The molecule has 2 rings (SSSR count). The summed E-state index contributed by atoms with van der Waals surface area (Å²) in [6.45, 7) is 1.22. The average molecular weight is 337 g/mol. The highest BCUT2D eigenvalue weighted by Gasteiger charge is 2.59. The number of aromatic nitrogens is 2. The van der Waals surface area contributed by atoms with Gasteiger partial charge in [0.05, 0.1) is 12.3 Å². The highest BCUT2D eigenvalue weighted by atomic mass is 35.5. The summed E-state index contributed by atoms with van der Waals surface area (Å²) >= 11 is 5.16. The lowest BCUT2D eigenvalue weighted by Gasteiger charge is -2.23. The summed E-state index contributed by atoms with van der Waals surface area (Å²) in [6, 6.07) is 0. The van der Waals surface area contributed by atoms with E-state index in [9.17, 15) is 28.6 Å². The van der Waals surface area contributed by atoms with E-state index in [-0.39, 0.29) is 0 Å². The number of halogens is 3. The standard InChI is InChI=1S/C12H11ClF2N2O5/c1-5(18)7-8(19)12(15,2-3-13)10(22-7)17-4-6(14)9(20)16-11(17)21/h4-5,7-8,10,18-19H,1H3,(H,16,20,21)/t5-,7+,8-,10+,12?/m0/s1. The molecule has 1 aromatic rings. The second kappa shape index (κ2) is 5.81. The molecule has 5 atom stereocenters. The fourth-order valence-electron chi connectivity index (χ4n) is 2.20. The molecule has 0 amide bonds. The van der Waals surface area contributed by atoms with E-state index in [1.807, 2.05) is 5.92 Å². The van der Waals surface area contributed by atoms with E-state index in [0.29, 0.717) is 10.8 Å². The van der Waals surface area contributed by atoms with E-state index in [4.69, 9.17) is 16.3 Å². The molecule has 0 spiro atoms. The first-order valence-corrected chi connectivity index (χ1v) is 6.44. The molecule has 1 aliphatic heterocycles. The van der Waals surface area contributed by atoms with Gasteiger partial charge in [0.25, 0.3) is 5.56 Å². The van der Waals surface area contributed by atoms with Crippen LogP contribution in [0.25, 0.3) is 0 Å². The molecule has 1 saturated heterocycles. The smallest absolute Gasteiger partial charge is 0.330 e. The van der Waals surface area contributed by atoms with Crippen molar-refractivity contribution in [2.45, 2.75) is 37.1 Å². The first kappa shape index (κ1) is 16.6. The SMILES string of the molecule is C[C@H](O)[C@H]1O[C@@H](n2cc(F)c(=O)[nH]c2=O)C(F)(C#CCl)[C@H]1O. The number of ether oxygens (including phenoxy) is 1. The molecule has 10 heteroatoms. The summed E-state index contributed by atoms with van der Waals surface area (Å²) in [5, 5.41) is 21.2. The zero-order chi connectivity index (χ0) is 16.7. The summed E-state index contributed by atoms with van der Waals surface area (Å²) < 4.78 is 33.8. The van der Waals surface area contributed by atoms with E-state index in [1.165, 1.54) is 6.92 Å². The number of hydrogen-bond acceptors (Lipinski definition) is 5. The number of H-pyrrole nitrogens is 1. The van der Waals surface area contributed by atoms with Crippen molar-refractivity contribution in [3.63, 3.8) is 0 Å². The van der Waals surface area contributed by atoms with E-state index in [1.54, 1.807) is 10.4 Å². The van der Waals surface area contributed by atoms with Gasteiger partial charge in [0.15, 0.2) is 6.23 Å². The van der Waals surface area contributed by atoms with Gasteiger partial charge < -0.3 is 14.9 Å². The first-order chi connectivity index (χ1) is 10.2. The maximum Gasteiger partial charge on any atom is 0.330 e. The Morgan fingerprint density at radius 2 is 2.23 bits per heavy atom. The van der Waals surface area contributed by atoms with Crippen LogP contribution in [0.5, 0.6) is 0 Å². The summed E-state index contributed by atoms with van der Waals surface area (Å²) in [7, 11) is 0. The largest absolute Gasteiger partial charge is 0.391 e. The van der Waals surface area contributed by atoms with E-state index in [0.717, 1.165) is 0 Å². The second-order valence-electron chi connectivity index (χ2n) is 4.77. The third-order valence-electron chi connectivity index (χ3n) is 3.28. The summed E-state index contributed by atoms with van der Waals surface area (Å²) in [4.78, 5) is 24.4. The van der Waals surface area contributed by atoms with Crippen LogP contribution < -0.4 is 11.2 Å². The molecule has 7 nitrogen and oxygen atoms in total. The number of aromatic amines is 1. The number of nitrogens with one attached hydrogen (secondary N) is 1. The summed E-state index contributed by atoms with van der Waals surface area (Å²) in [5.74, 6) is 0.492. The van der Waals surface area contributed by atoms with Crippen molar-refractivity contribution >= 4 is 11.6 Å². The van der Waals surface area contributed by atoms with Crippen LogP contribution in [0.4, 0.5) is 8.78 Å². The van der Waals surface area contributed by atoms with E-state index >= 15 is 0 Å². The van der Waals surface area contributed by atoms with Gasteiger partial charge in [-0.1, -0.05) is 0 Å². The minimum Gasteiger partial charge on any atom is -0.391 e. The molecule has 22 heavy (non-hydrogen) atoms. The van der Waals surface area contributed by atoms with Crippen molar-refractivity contribution in [2.24, 2.45) is 0 Å². The van der Waals surface area contributed by atoms with Crippen LogP contribution in [-0.4, -0.2) is 43.7 Å².